The first kappa shape index (κ1) is 11.0. The summed E-state index contributed by atoms with van der Waals surface area (Å²) in [4.78, 5) is 14.5. The molecule has 3 heteroatoms. The highest BCUT2D eigenvalue weighted by molar-refractivity contribution is 5.96. The second kappa shape index (κ2) is 4.30. The Morgan fingerprint density at radius 1 is 1.35 bits per heavy atom. The lowest BCUT2D eigenvalue weighted by Gasteiger charge is -2.15. The normalized spacial score (nSPS) is 28.5. The summed E-state index contributed by atoms with van der Waals surface area (Å²) in [6, 6.07) is 3.85. The van der Waals surface area contributed by atoms with Gasteiger partial charge >= 0.3 is 0 Å². The van der Waals surface area contributed by atoms with E-state index >= 15 is 0 Å². The average molecular weight is 232 g/mol. The van der Waals surface area contributed by atoms with Gasteiger partial charge in [0, 0.05) is 26.3 Å². The number of ketones is 1. The SMILES string of the molecule is Cn1cccc1C(=O)CN1CC2CCCC2C1. The number of hydrogen-bond acceptors (Lipinski definition) is 2. The lowest BCUT2D eigenvalue weighted by molar-refractivity contribution is 0.0933. The molecule has 3 nitrogen and oxygen atoms in total. The summed E-state index contributed by atoms with van der Waals surface area (Å²) in [5.41, 5.74) is 0.835. The van der Waals surface area contributed by atoms with Gasteiger partial charge in [-0.3, -0.25) is 9.69 Å². The van der Waals surface area contributed by atoms with Crippen LogP contribution >= 0.6 is 0 Å². The molecule has 17 heavy (non-hydrogen) atoms. The van der Waals surface area contributed by atoms with Crippen LogP contribution in [0.3, 0.4) is 0 Å². The van der Waals surface area contributed by atoms with Crippen molar-refractivity contribution in [3.63, 3.8) is 0 Å². The molecule has 2 atom stereocenters. The van der Waals surface area contributed by atoms with Crippen molar-refractivity contribution in [3.05, 3.63) is 24.0 Å². The van der Waals surface area contributed by atoms with Crippen LogP contribution in [0.1, 0.15) is 29.8 Å². The van der Waals surface area contributed by atoms with Crippen LogP contribution < -0.4 is 0 Å². The average Bonchev–Trinajstić information content (AvgIpc) is 2.92. The molecule has 1 aromatic rings. The summed E-state index contributed by atoms with van der Waals surface area (Å²) in [6.07, 6.45) is 6.08. The van der Waals surface area contributed by atoms with E-state index in [2.05, 4.69) is 4.90 Å². The molecule has 2 fully saturated rings. The second-order valence-corrected chi connectivity index (χ2v) is 5.57. The van der Waals surface area contributed by atoms with E-state index < -0.39 is 0 Å². The molecule has 3 rings (SSSR count). The number of aromatic nitrogens is 1. The summed E-state index contributed by atoms with van der Waals surface area (Å²) >= 11 is 0. The van der Waals surface area contributed by atoms with Crippen LogP contribution in [0.4, 0.5) is 0 Å². The van der Waals surface area contributed by atoms with E-state index in [9.17, 15) is 4.79 Å². The molecule has 0 bridgehead atoms. The first-order valence-corrected chi connectivity index (χ1v) is 6.61. The summed E-state index contributed by atoms with van der Waals surface area (Å²) in [6.45, 7) is 2.88. The number of fused-ring (bicyclic) bond motifs is 1. The zero-order valence-electron chi connectivity index (χ0n) is 10.4. The fraction of sp³-hybridized carbons (Fsp3) is 0.643. The minimum absolute atomic E-state index is 0.262. The van der Waals surface area contributed by atoms with E-state index in [4.69, 9.17) is 0 Å². The highest BCUT2D eigenvalue weighted by Crippen LogP contribution is 2.37. The van der Waals surface area contributed by atoms with Gasteiger partial charge in [-0.2, -0.15) is 0 Å². The van der Waals surface area contributed by atoms with Gasteiger partial charge < -0.3 is 4.57 Å². The molecule has 0 radical (unpaired) electrons. The molecule has 0 aromatic carbocycles. The first-order valence-electron chi connectivity index (χ1n) is 6.61. The molecule has 2 unspecified atom stereocenters. The fourth-order valence-corrected chi connectivity index (χ4v) is 3.50. The largest absolute Gasteiger partial charge is 0.348 e. The van der Waals surface area contributed by atoms with Crippen molar-refractivity contribution in [2.45, 2.75) is 19.3 Å². The first-order chi connectivity index (χ1) is 8.24. The number of Topliss-reactive ketones (excluding diaryl/α,β-unsaturated/α-hetero) is 1. The maximum atomic E-state index is 12.1. The van der Waals surface area contributed by atoms with Crippen molar-refractivity contribution >= 4 is 5.78 Å². The van der Waals surface area contributed by atoms with E-state index in [1.54, 1.807) is 0 Å². The van der Waals surface area contributed by atoms with E-state index in [1.807, 2.05) is 29.9 Å². The maximum absolute atomic E-state index is 12.1. The molecule has 1 aliphatic heterocycles. The number of aryl methyl sites for hydroxylation is 1. The lowest BCUT2D eigenvalue weighted by atomic mass is 10.0. The number of rotatable bonds is 3. The zero-order chi connectivity index (χ0) is 11.8. The van der Waals surface area contributed by atoms with Crippen molar-refractivity contribution in [2.75, 3.05) is 19.6 Å². The monoisotopic (exact) mass is 232 g/mol. The molecular formula is C14H20N2O. The third-order valence-electron chi connectivity index (χ3n) is 4.40. The molecule has 1 aliphatic carbocycles. The van der Waals surface area contributed by atoms with Crippen LogP contribution in [-0.2, 0) is 7.05 Å². The van der Waals surface area contributed by atoms with Gasteiger partial charge in [0.05, 0.1) is 12.2 Å². The van der Waals surface area contributed by atoms with Gasteiger partial charge in [-0.1, -0.05) is 6.42 Å². The van der Waals surface area contributed by atoms with Gasteiger partial charge in [-0.05, 0) is 36.8 Å². The van der Waals surface area contributed by atoms with Crippen molar-refractivity contribution in [3.8, 4) is 0 Å². The Balaban J connectivity index is 1.61. The van der Waals surface area contributed by atoms with E-state index in [0.717, 1.165) is 30.6 Å². The molecule has 0 amide bonds. The molecular weight excluding hydrogens is 212 g/mol. The number of nitrogens with zero attached hydrogens (tertiary/aromatic N) is 2. The maximum Gasteiger partial charge on any atom is 0.193 e. The third-order valence-corrected chi connectivity index (χ3v) is 4.40. The van der Waals surface area contributed by atoms with E-state index in [-0.39, 0.29) is 5.78 Å². The van der Waals surface area contributed by atoms with Gasteiger partial charge in [-0.15, -0.1) is 0 Å². The Morgan fingerprint density at radius 3 is 2.65 bits per heavy atom. The van der Waals surface area contributed by atoms with Crippen molar-refractivity contribution < 1.29 is 4.79 Å². The topological polar surface area (TPSA) is 25.2 Å². The number of likely N-dealkylation sites (tertiary alicyclic amines) is 1. The van der Waals surface area contributed by atoms with E-state index in [1.165, 1.54) is 19.3 Å². The van der Waals surface area contributed by atoms with E-state index in [0.29, 0.717) is 6.54 Å². The Morgan fingerprint density at radius 2 is 2.06 bits per heavy atom. The smallest absolute Gasteiger partial charge is 0.193 e. The summed E-state index contributed by atoms with van der Waals surface area (Å²) in [5.74, 6) is 2.00. The molecule has 1 saturated carbocycles. The van der Waals surface area contributed by atoms with Crippen molar-refractivity contribution in [2.24, 2.45) is 18.9 Å². The van der Waals surface area contributed by atoms with Gasteiger partial charge in [0.15, 0.2) is 5.78 Å². The van der Waals surface area contributed by atoms with Crippen LogP contribution in [0.5, 0.6) is 0 Å². The summed E-state index contributed by atoms with van der Waals surface area (Å²) in [7, 11) is 1.94. The van der Waals surface area contributed by atoms with Crippen molar-refractivity contribution in [1.29, 1.82) is 0 Å². The molecule has 2 heterocycles. The number of hydrogen-bond donors (Lipinski definition) is 0. The Kier molecular flexibility index (Phi) is 2.79. The molecule has 1 saturated heterocycles. The predicted octanol–water partition coefficient (Wildman–Crippen LogP) is 1.94. The number of carbonyl (C=O) groups excluding carboxylic acids is 1. The molecule has 0 spiro atoms. The third kappa shape index (κ3) is 2.04. The molecule has 2 aliphatic rings. The minimum Gasteiger partial charge on any atom is -0.348 e. The van der Waals surface area contributed by atoms with Crippen LogP contribution in [0.2, 0.25) is 0 Å². The number of carbonyl (C=O) groups is 1. The van der Waals surface area contributed by atoms with Gasteiger partial charge in [-0.25, -0.2) is 0 Å². The van der Waals surface area contributed by atoms with Crippen LogP contribution in [-0.4, -0.2) is 34.9 Å². The lowest BCUT2D eigenvalue weighted by Crippen LogP contribution is -2.29. The summed E-state index contributed by atoms with van der Waals surface area (Å²) in [5, 5.41) is 0. The van der Waals surface area contributed by atoms with Crippen molar-refractivity contribution in [1.82, 2.24) is 9.47 Å². The molecule has 1 aromatic heterocycles. The Labute approximate surface area is 102 Å². The van der Waals surface area contributed by atoms with Crippen LogP contribution in [0, 0.1) is 11.8 Å². The minimum atomic E-state index is 0.262. The fourth-order valence-electron chi connectivity index (χ4n) is 3.50. The molecule has 92 valence electrons. The van der Waals surface area contributed by atoms with Gasteiger partial charge in [0.2, 0.25) is 0 Å². The second-order valence-electron chi connectivity index (χ2n) is 5.57. The Hall–Kier alpha value is -1.09. The van der Waals surface area contributed by atoms with Gasteiger partial charge in [0.1, 0.15) is 0 Å². The standard InChI is InChI=1S/C14H20N2O/c1-15-7-3-6-13(15)14(17)10-16-8-11-4-2-5-12(11)9-16/h3,6-7,11-12H,2,4-5,8-10H2,1H3. The summed E-state index contributed by atoms with van der Waals surface area (Å²) < 4.78 is 1.92. The highest BCUT2D eigenvalue weighted by atomic mass is 16.1. The van der Waals surface area contributed by atoms with Crippen LogP contribution in [0.15, 0.2) is 18.3 Å². The Bertz CT molecular complexity index is 412. The predicted molar refractivity (Wildman–Crippen MR) is 67.0 cm³/mol. The zero-order valence-corrected chi connectivity index (χ0v) is 10.4. The quantitative estimate of drug-likeness (QED) is 0.744. The highest BCUT2D eigenvalue weighted by Gasteiger charge is 2.36. The molecule has 0 N–H and O–H groups in total. The van der Waals surface area contributed by atoms with Gasteiger partial charge in [0.25, 0.3) is 0 Å². The van der Waals surface area contributed by atoms with Crippen LogP contribution in [0.25, 0.3) is 0 Å².